The summed E-state index contributed by atoms with van der Waals surface area (Å²) in [6.07, 6.45) is 2.68. The third-order valence-corrected chi connectivity index (χ3v) is 11.4. The standard InChI is InChI=1S/C21H25NO3S2/c1-20(2)11-17-19(18(23)13-20)21(26-9-10-27(21,24)25)12-16-15-6-4-3-5-14(15)7-8-22(16)17/h3-6,16H,7-13H2,1-2H3. The van der Waals surface area contributed by atoms with E-state index in [1.165, 1.54) is 22.9 Å². The highest BCUT2D eigenvalue weighted by atomic mass is 32.3. The molecule has 0 N–H and O–H groups in total. The number of Topliss-reactive ketones (excluding diaryl/α,β-unsaturated/α-hetero) is 1. The quantitative estimate of drug-likeness (QED) is 0.664. The summed E-state index contributed by atoms with van der Waals surface area (Å²) in [5.74, 6) is 0.820. The van der Waals surface area contributed by atoms with E-state index < -0.39 is 13.9 Å². The number of nitrogens with zero attached hydrogens (tertiary/aromatic N) is 1. The van der Waals surface area contributed by atoms with Crippen molar-refractivity contribution < 1.29 is 13.2 Å². The number of fused-ring (bicyclic) bond motifs is 5. The highest BCUT2D eigenvalue weighted by molar-refractivity contribution is 8.18. The number of benzene rings is 1. The van der Waals surface area contributed by atoms with Crippen LogP contribution in [-0.4, -0.2) is 41.2 Å². The van der Waals surface area contributed by atoms with E-state index in [0.717, 1.165) is 25.1 Å². The van der Waals surface area contributed by atoms with Crippen LogP contribution in [0.25, 0.3) is 0 Å². The van der Waals surface area contributed by atoms with Crippen LogP contribution in [0.2, 0.25) is 0 Å². The van der Waals surface area contributed by atoms with Gasteiger partial charge in [0.1, 0.15) is 4.08 Å². The second-order valence-corrected chi connectivity index (χ2v) is 13.0. The van der Waals surface area contributed by atoms with Gasteiger partial charge in [0.25, 0.3) is 0 Å². The molecule has 1 fully saturated rings. The van der Waals surface area contributed by atoms with Crippen molar-refractivity contribution in [2.24, 2.45) is 5.41 Å². The summed E-state index contributed by atoms with van der Waals surface area (Å²) in [7, 11) is -3.35. The third kappa shape index (κ3) is 2.42. The second-order valence-electron chi connectivity index (χ2n) is 9.05. The van der Waals surface area contributed by atoms with Crippen LogP contribution in [0, 0.1) is 5.41 Å². The van der Waals surface area contributed by atoms with Gasteiger partial charge in [0.05, 0.1) is 11.8 Å². The SMILES string of the molecule is CC1(C)CC(=O)C2=C(C1)N1CCc3ccccc3C1CC21SCCS1(=O)=O. The molecule has 1 saturated heterocycles. The molecule has 0 bridgehead atoms. The average molecular weight is 404 g/mol. The van der Waals surface area contributed by atoms with E-state index in [1.54, 1.807) is 0 Å². The number of carbonyl (C=O) groups is 1. The van der Waals surface area contributed by atoms with Crippen LogP contribution in [-0.2, 0) is 21.1 Å². The lowest BCUT2D eigenvalue weighted by atomic mass is 9.71. The summed E-state index contributed by atoms with van der Waals surface area (Å²) in [6.45, 7) is 5.11. The molecule has 5 rings (SSSR count). The van der Waals surface area contributed by atoms with Gasteiger partial charge >= 0.3 is 0 Å². The second kappa shape index (κ2) is 5.63. The Labute approximate surface area is 165 Å². The molecule has 0 aromatic heterocycles. The Kier molecular flexibility index (Phi) is 3.71. The van der Waals surface area contributed by atoms with Gasteiger partial charge in [-0.1, -0.05) is 38.1 Å². The molecule has 2 atom stereocenters. The number of hydrogen-bond acceptors (Lipinski definition) is 5. The molecule has 2 unspecified atom stereocenters. The van der Waals surface area contributed by atoms with Gasteiger partial charge in [-0.3, -0.25) is 4.79 Å². The van der Waals surface area contributed by atoms with Crippen LogP contribution in [0.3, 0.4) is 0 Å². The van der Waals surface area contributed by atoms with Gasteiger partial charge in [0.2, 0.25) is 0 Å². The maximum atomic E-state index is 13.3. The monoisotopic (exact) mass is 403 g/mol. The van der Waals surface area contributed by atoms with E-state index in [4.69, 9.17) is 0 Å². The minimum Gasteiger partial charge on any atom is -0.367 e. The molecule has 4 aliphatic rings. The van der Waals surface area contributed by atoms with Crippen LogP contribution in [0.4, 0.5) is 0 Å². The fourth-order valence-corrected chi connectivity index (χ4v) is 10.2. The van der Waals surface area contributed by atoms with Crippen molar-refractivity contribution in [3.8, 4) is 0 Å². The molecule has 27 heavy (non-hydrogen) atoms. The van der Waals surface area contributed by atoms with E-state index in [0.29, 0.717) is 24.2 Å². The van der Waals surface area contributed by atoms with Gasteiger partial charge in [-0.25, -0.2) is 8.42 Å². The lowest BCUT2D eigenvalue weighted by Gasteiger charge is -2.52. The Morgan fingerprint density at radius 1 is 1.19 bits per heavy atom. The maximum absolute atomic E-state index is 13.3. The van der Waals surface area contributed by atoms with Crippen LogP contribution < -0.4 is 0 Å². The van der Waals surface area contributed by atoms with Gasteiger partial charge in [0.15, 0.2) is 15.6 Å². The summed E-state index contributed by atoms with van der Waals surface area (Å²) < 4.78 is 25.5. The molecule has 1 spiro atoms. The molecule has 1 aromatic rings. The maximum Gasteiger partial charge on any atom is 0.170 e. The van der Waals surface area contributed by atoms with Gasteiger partial charge in [-0.15, -0.1) is 11.8 Å². The van der Waals surface area contributed by atoms with Crippen molar-refractivity contribution in [3.05, 3.63) is 46.7 Å². The molecule has 4 nitrogen and oxygen atoms in total. The molecule has 3 aliphatic heterocycles. The largest absolute Gasteiger partial charge is 0.367 e. The number of allylic oxidation sites excluding steroid dienone is 1. The Balaban J connectivity index is 1.76. The molecule has 1 aromatic carbocycles. The zero-order chi connectivity index (χ0) is 19.0. The van der Waals surface area contributed by atoms with E-state index in [1.807, 2.05) is 6.07 Å². The van der Waals surface area contributed by atoms with E-state index in [2.05, 4.69) is 36.9 Å². The number of hydrogen-bond donors (Lipinski definition) is 0. The van der Waals surface area contributed by atoms with Crippen molar-refractivity contribution in [1.29, 1.82) is 0 Å². The summed E-state index contributed by atoms with van der Waals surface area (Å²) in [6, 6.07) is 8.47. The fourth-order valence-electron chi connectivity index (χ4n) is 5.50. The number of thioether (sulfide) groups is 1. The smallest absolute Gasteiger partial charge is 0.170 e. The van der Waals surface area contributed by atoms with Crippen molar-refractivity contribution in [2.75, 3.05) is 18.1 Å². The van der Waals surface area contributed by atoms with Gasteiger partial charge < -0.3 is 4.90 Å². The Morgan fingerprint density at radius 3 is 2.70 bits per heavy atom. The first-order valence-corrected chi connectivity index (χ1v) is 12.4. The molecule has 144 valence electrons. The molecule has 0 radical (unpaired) electrons. The lowest BCUT2D eigenvalue weighted by Crippen LogP contribution is -2.53. The zero-order valence-corrected chi connectivity index (χ0v) is 17.5. The zero-order valence-electron chi connectivity index (χ0n) is 15.8. The van der Waals surface area contributed by atoms with Crippen molar-refractivity contribution in [2.45, 2.75) is 49.7 Å². The molecular formula is C21H25NO3S2. The van der Waals surface area contributed by atoms with Crippen molar-refractivity contribution in [3.63, 3.8) is 0 Å². The number of rotatable bonds is 0. The summed E-state index contributed by atoms with van der Waals surface area (Å²) in [5.41, 5.74) is 4.08. The minimum absolute atomic E-state index is 0.0516. The van der Waals surface area contributed by atoms with Crippen LogP contribution in [0.5, 0.6) is 0 Å². The lowest BCUT2D eigenvalue weighted by molar-refractivity contribution is -0.119. The number of sulfone groups is 1. The Hall–Kier alpha value is -1.27. The summed E-state index contributed by atoms with van der Waals surface area (Å²) in [4.78, 5) is 15.6. The fraction of sp³-hybridized carbons (Fsp3) is 0.571. The first-order chi connectivity index (χ1) is 12.7. The average Bonchev–Trinajstić information content (AvgIpc) is 2.88. The molecule has 6 heteroatoms. The van der Waals surface area contributed by atoms with Crippen molar-refractivity contribution in [1.82, 2.24) is 4.90 Å². The van der Waals surface area contributed by atoms with Gasteiger partial charge in [-0.05, 0) is 29.4 Å². The first kappa shape index (κ1) is 17.8. The van der Waals surface area contributed by atoms with E-state index >= 15 is 0 Å². The molecule has 1 aliphatic carbocycles. The topological polar surface area (TPSA) is 54.5 Å². The molecule has 0 saturated carbocycles. The van der Waals surface area contributed by atoms with Gasteiger partial charge in [0, 0.05) is 36.4 Å². The van der Waals surface area contributed by atoms with E-state index in [-0.39, 0.29) is 23.0 Å². The Morgan fingerprint density at radius 2 is 1.96 bits per heavy atom. The minimum atomic E-state index is -3.35. The predicted octanol–water partition coefficient (Wildman–Crippen LogP) is 3.49. The first-order valence-electron chi connectivity index (χ1n) is 9.72. The number of ketones is 1. The van der Waals surface area contributed by atoms with Crippen LogP contribution >= 0.6 is 11.8 Å². The highest BCUT2D eigenvalue weighted by Crippen LogP contribution is 2.59. The molecule has 3 heterocycles. The van der Waals surface area contributed by atoms with Crippen molar-refractivity contribution >= 4 is 27.4 Å². The van der Waals surface area contributed by atoms with Crippen LogP contribution in [0.1, 0.15) is 50.3 Å². The highest BCUT2D eigenvalue weighted by Gasteiger charge is 2.60. The molecule has 0 amide bonds. The summed E-state index contributed by atoms with van der Waals surface area (Å²) >= 11 is 1.50. The summed E-state index contributed by atoms with van der Waals surface area (Å²) in [5, 5.41) is 0. The van der Waals surface area contributed by atoms with Crippen LogP contribution in [0.15, 0.2) is 35.5 Å². The van der Waals surface area contributed by atoms with Gasteiger partial charge in [-0.2, -0.15) is 0 Å². The predicted molar refractivity (Wildman–Crippen MR) is 108 cm³/mol. The van der Waals surface area contributed by atoms with E-state index in [9.17, 15) is 13.2 Å². The Bertz CT molecular complexity index is 979. The number of carbonyl (C=O) groups excluding carboxylic acids is 1. The normalized spacial score (nSPS) is 33.6. The third-order valence-electron chi connectivity index (χ3n) is 6.64. The molecular weight excluding hydrogens is 378 g/mol.